The van der Waals surface area contributed by atoms with Crippen molar-refractivity contribution in [2.75, 3.05) is 6.54 Å². The standard InChI is InChI=1S/C18H27NO2/c1-15-7-6-12-18(21,13-15)14-19-17(20)11-5-10-16-8-3-2-4-9-16/h2-4,8-9,15,21H,5-7,10-14H2,1H3,(H,19,20). The topological polar surface area (TPSA) is 49.3 Å². The lowest BCUT2D eigenvalue weighted by atomic mass is 9.79. The molecule has 2 unspecified atom stereocenters. The molecule has 3 nitrogen and oxygen atoms in total. The maximum atomic E-state index is 11.9. The van der Waals surface area contributed by atoms with Crippen LogP contribution in [0, 0.1) is 5.92 Å². The highest BCUT2D eigenvalue weighted by Crippen LogP contribution is 2.31. The Morgan fingerprint density at radius 3 is 2.86 bits per heavy atom. The molecule has 116 valence electrons. The van der Waals surface area contributed by atoms with Crippen molar-refractivity contribution in [2.24, 2.45) is 5.92 Å². The molecule has 0 spiro atoms. The molecule has 0 radical (unpaired) electrons. The van der Waals surface area contributed by atoms with Crippen LogP contribution < -0.4 is 5.32 Å². The summed E-state index contributed by atoms with van der Waals surface area (Å²) in [5, 5.41) is 13.4. The van der Waals surface area contributed by atoms with Crippen molar-refractivity contribution < 1.29 is 9.90 Å². The Labute approximate surface area is 127 Å². The second-order valence-electron chi connectivity index (χ2n) is 6.54. The van der Waals surface area contributed by atoms with Crippen LogP contribution in [0.15, 0.2) is 30.3 Å². The second kappa shape index (κ2) is 7.60. The van der Waals surface area contributed by atoms with Gasteiger partial charge in [-0.05, 0) is 37.2 Å². The van der Waals surface area contributed by atoms with Crippen molar-refractivity contribution in [1.29, 1.82) is 0 Å². The summed E-state index contributed by atoms with van der Waals surface area (Å²) in [6.45, 7) is 2.58. The minimum absolute atomic E-state index is 0.0533. The van der Waals surface area contributed by atoms with E-state index in [1.165, 1.54) is 12.0 Å². The van der Waals surface area contributed by atoms with Gasteiger partial charge in [-0.3, -0.25) is 4.79 Å². The molecule has 1 aliphatic carbocycles. The van der Waals surface area contributed by atoms with Crippen LogP contribution >= 0.6 is 0 Å². The number of amides is 1. The molecule has 1 amide bonds. The van der Waals surface area contributed by atoms with Crippen LogP contribution in [0.5, 0.6) is 0 Å². The molecule has 0 heterocycles. The first-order valence-electron chi connectivity index (χ1n) is 8.10. The molecule has 1 aliphatic rings. The average Bonchev–Trinajstić information content (AvgIpc) is 2.46. The Morgan fingerprint density at radius 2 is 2.14 bits per heavy atom. The average molecular weight is 289 g/mol. The van der Waals surface area contributed by atoms with E-state index in [-0.39, 0.29) is 5.91 Å². The van der Waals surface area contributed by atoms with Gasteiger partial charge in [0.25, 0.3) is 0 Å². The minimum atomic E-state index is -0.688. The molecule has 0 saturated heterocycles. The molecule has 21 heavy (non-hydrogen) atoms. The maximum Gasteiger partial charge on any atom is 0.220 e. The lowest BCUT2D eigenvalue weighted by molar-refractivity contribution is -0.123. The lowest BCUT2D eigenvalue weighted by Crippen LogP contribution is -2.45. The summed E-state index contributed by atoms with van der Waals surface area (Å²) < 4.78 is 0. The van der Waals surface area contributed by atoms with Gasteiger partial charge in [-0.25, -0.2) is 0 Å². The van der Waals surface area contributed by atoms with Crippen molar-refractivity contribution in [3.05, 3.63) is 35.9 Å². The predicted octanol–water partition coefficient (Wildman–Crippen LogP) is 3.07. The van der Waals surface area contributed by atoms with Crippen LogP contribution in [0.25, 0.3) is 0 Å². The van der Waals surface area contributed by atoms with Crippen molar-refractivity contribution in [2.45, 2.75) is 57.5 Å². The van der Waals surface area contributed by atoms with E-state index in [2.05, 4.69) is 24.4 Å². The zero-order valence-electron chi connectivity index (χ0n) is 13.0. The van der Waals surface area contributed by atoms with Crippen LogP contribution in [0.3, 0.4) is 0 Å². The van der Waals surface area contributed by atoms with E-state index >= 15 is 0 Å². The molecular formula is C18H27NO2. The van der Waals surface area contributed by atoms with Gasteiger partial charge in [-0.15, -0.1) is 0 Å². The first-order valence-corrected chi connectivity index (χ1v) is 8.10. The van der Waals surface area contributed by atoms with Crippen LogP contribution in [-0.4, -0.2) is 23.2 Å². The quantitative estimate of drug-likeness (QED) is 0.845. The molecule has 2 rings (SSSR count). The molecule has 1 aromatic rings. The van der Waals surface area contributed by atoms with Gasteiger partial charge in [0, 0.05) is 13.0 Å². The predicted molar refractivity (Wildman–Crippen MR) is 85.0 cm³/mol. The van der Waals surface area contributed by atoms with Crippen LogP contribution in [0.1, 0.15) is 51.0 Å². The maximum absolute atomic E-state index is 11.9. The number of aliphatic hydroxyl groups is 1. The summed E-state index contributed by atoms with van der Waals surface area (Å²) in [5.74, 6) is 0.608. The first kappa shape index (κ1) is 16.0. The van der Waals surface area contributed by atoms with Gasteiger partial charge in [0.15, 0.2) is 0 Å². The van der Waals surface area contributed by atoms with E-state index in [0.29, 0.717) is 18.9 Å². The highest BCUT2D eigenvalue weighted by atomic mass is 16.3. The SMILES string of the molecule is CC1CCCC(O)(CNC(=O)CCCc2ccccc2)C1. The monoisotopic (exact) mass is 289 g/mol. The molecule has 2 atom stereocenters. The summed E-state index contributed by atoms with van der Waals surface area (Å²) in [6.07, 6.45) is 6.16. The Balaban J connectivity index is 1.65. The Bertz CT molecular complexity index is 446. The molecule has 0 aliphatic heterocycles. The third-order valence-corrected chi connectivity index (χ3v) is 4.39. The molecular weight excluding hydrogens is 262 g/mol. The van der Waals surface area contributed by atoms with Crippen molar-refractivity contribution in [3.63, 3.8) is 0 Å². The highest BCUT2D eigenvalue weighted by molar-refractivity contribution is 5.75. The van der Waals surface area contributed by atoms with Crippen molar-refractivity contribution >= 4 is 5.91 Å². The summed E-state index contributed by atoms with van der Waals surface area (Å²) >= 11 is 0. The molecule has 1 aromatic carbocycles. The third-order valence-electron chi connectivity index (χ3n) is 4.39. The van der Waals surface area contributed by atoms with Gasteiger partial charge in [-0.2, -0.15) is 0 Å². The van der Waals surface area contributed by atoms with Gasteiger partial charge in [0.1, 0.15) is 0 Å². The fourth-order valence-corrected chi connectivity index (χ4v) is 3.24. The Morgan fingerprint density at radius 1 is 1.38 bits per heavy atom. The van der Waals surface area contributed by atoms with Gasteiger partial charge in [-0.1, -0.05) is 50.1 Å². The zero-order chi connectivity index (χ0) is 15.1. The van der Waals surface area contributed by atoms with Gasteiger partial charge in [0.05, 0.1) is 5.60 Å². The Hall–Kier alpha value is -1.35. The fraction of sp³-hybridized carbons (Fsp3) is 0.611. The number of hydrogen-bond acceptors (Lipinski definition) is 2. The number of benzene rings is 1. The molecule has 1 saturated carbocycles. The van der Waals surface area contributed by atoms with Gasteiger partial charge < -0.3 is 10.4 Å². The number of carbonyl (C=O) groups is 1. The van der Waals surface area contributed by atoms with E-state index < -0.39 is 5.60 Å². The van der Waals surface area contributed by atoms with E-state index in [4.69, 9.17) is 0 Å². The summed E-state index contributed by atoms with van der Waals surface area (Å²) in [4.78, 5) is 11.9. The normalized spacial score (nSPS) is 25.5. The fourth-order valence-electron chi connectivity index (χ4n) is 3.24. The number of aryl methyl sites for hydroxylation is 1. The third kappa shape index (κ3) is 5.50. The number of rotatable bonds is 6. The summed E-state index contributed by atoms with van der Waals surface area (Å²) in [5.41, 5.74) is 0.581. The smallest absolute Gasteiger partial charge is 0.220 e. The van der Waals surface area contributed by atoms with Gasteiger partial charge in [0.2, 0.25) is 5.91 Å². The van der Waals surface area contributed by atoms with E-state index in [1.54, 1.807) is 0 Å². The number of nitrogens with one attached hydrogen (secondary N) is 1. The number of hydrogen-bond donors (Lipinski definition) is 2. The van der Waals surface area contributed by atoms with E-state index in [1.807, 2.05) is 18.2 Å². The van der Waals surface area contributed by atoms with Crippen LogP contribution in [0.4, 0.5) is 0 Å². The minimum Gasteiger partial charge on any atom is -0.388 e. The highest BCUT2D eigenvalue weighted by Gasteiger charge is 2.32. The number of carbonyl (C=O) groups excluding carboxylic acids is 1. The van der Waals surface area contributed by atoms with Crippen molar-refractivity contribution in [3.8, 4) is 0 Å². The molecule has 2 N–H and O–H groups in total. The van der Waals surface area contributed by atoms with Crippen LogP contribution in [-0.2, 0) is 11.2 Å². The largest absolute Gasteiger partial charge is 0.388 e. The second-order valence-corrected chi connectivity index (χ2v) is 6.54. The van der Waals surface area contributed by atoms with E-state index in [9.17, 15) is 9.90 Å². The van der Waals surface area contributed by atoms with Crippen LogP contribution in [0.2, 0.25) is 0 Å². The molecule has 0 bridgehead atoms. The first-order chi connectivity index (χ1) is 10.1. The van der Waals surface area contributed by atoms with Crippen molar-refractivity contribution in [1.82, 2.24) is 5.32 Å². The molecule has 0 aromatic heterocycles. The Kier molecular flexibility index (Phi) is 5.80. The zero-order valence-corrected chi connectivity index (χ0v) is 13.0. The molecule has 1 fully saturated rings. The van der Waals surface area contributed by atoms with Gasteiger partial charge >= 0.3 is 0 Å². The lowest BCUT2D eigenvalue weighted by Gasteiger charge is -2.35. The van der Waals surface area contributed by atoms with E-state index in [0.717, 1.165) is 32.1 Å². The summed E-state index contributed by atoms with van der Waals surface area (Å²) in [6, 6.07) is 10.2. The molecule has 3 heteroatoms. The summed E-state index contributed by atoms with van der Waals surface area (Å²) in [7, 11) is 0.